The Labute approximate surface area is 121 Å². The predicted octanol–water partition coefficient (Wildman–Crippen LogP) is 2.14. The molecule has 1 aromatic rings. The van der Waals surface area contributed by atoms with Gasteiger partial charge >= 0.3 is 0 Å². The molecule has 0 spiro atoms. The zero-order valence-electron chi connectivity index (χ0n) is 11.1. The molecule has 0 saturated carbocycles. The maximum atomic E-state index is 12.3. The summed E-state index contributed by atoms with van der Waals surface area (Å²) in [4.78, 5) is 28.5. The van der Waals surface area contributed by atoms with Crippen molar-refractivity contribution in [1.29, 1.82) is 0 Å². The van der Waals surface area contributed by atoms with E-state index in [1.807, 2.05) is 11.8 Å². The van der Waals surface area contributed by atoms with E-state index in [1.165, 1.54) is 11.3 Å². The van der Waals surface area contributed by atoms with Crippen LogP contribution in [0.1, 0.15) is 23.0 Å². The number of carbonyl (C=O) groups is 2. The number of carbonyl (C=O) groups excluding carboxylic acids is 2. The first-order chi connectivity index (χ1) is 8.99. The first kappa shape index (κ1) is 14.5. The third-order valence-corrected chi connectivity index (χ3v) is 4.69. The zero-order chi connectivity index (χ0) is 14.0. The van der Waals surface area contributed by atoms with E-state index >= 15 is 0 Å². The SMILES string of the molecule is CC(C(=O)c1ccc(Cl)s1)N1CCCN(C)C(=O)C1. The molecule has 1 unspecified atom stereocenters. The second kappa shape index (κ2) is 6.03. The van der Waals surface area contributed by atoms with E-state index in [9.17, 15) is 9.59 Å². The summed E-state index contributed by atoms with van der Waals surface area (Å²) in [5, 5.41) is 0. The predicted molar refractivity (Wildman–Crippen MR) is 76.9 cm³/mol. The molecule has 1 aliphatic rings. The monoisotopic (exact) mass is 300 g/mol. The summed E-state index contributed by atoms with van der Waals surface area (Å²) in [6, 6.07) is 3.19. The van der Waals surface area contributed by atoms with Gasteiger partial charge in [0, 0.05) is 20.1 Å². The molecule has 0 radical (unpaired) electrons. The van der Waals surface area contributed by atoms with Crippen LogP contribution >= 0.6 is 22.9 Å². The van der Waals surface area contributed by atoms with Crippen LogP contribution in [0.5, 0.6) is 0 Å². The highest BCUT2D eigenvalue weighted by molar-refractivity contribution is 7.18. The molecule has 1 aromatic heterocycles. The molecule has 0 N–H and O–H groups in total. The first-order valence-electron chi connectivity index (χ1n) is 6.26. The number of amides is 1. The summed E-state index contributed by atoms with van der Waals surface area (Å²) in [6.45, 7) is 3.68. The van der Waals surface area contributed by atoms with E-state index in [4.69, 9.17) is 11.6 Å². The van der Waals surface area contributed by atoms with Crippen LogP contribution in [0.25, 0.3) is 0 Å². The average Bonchev–Trinajstić information content (AvgIpc) is 2.74. The van der Waals surface area contributed by atoms with Gasteiger partial charge in [0.05, 0.1) is 21.8 Å². The van der Waals surface area contributed by atoms with Crippen molar-refractivity contribution < 1.29 is 9.59 Å². The highest BCUT2D eigenvalue weighted by atomic mass is 35.5. The topological polar surface area (TPSA) is 40.6 Å². The fourth-order valence-electron chi connectivity index (χ4n) is 2.16. The number of thiophene rings is 1. The molecule has 104 valence electrons. The molecule has 2 rings (SSSR count). The van der Waals surface area contributed by atoms with Gasteiger partial charge in [0.2, 0.25) is 5.91 Å². The van der Waals surface area contributed by atoms with Crippen LogP contribution in [0, 0.1) is 0 Å². The van der Waals surface area contributed by atoms with Gasteiger partial charge in [-0.1, -0.05) is 11.6 Å². The van der Waals surface area contributed by atoms with Crippen molar-refractivity contribution in [2.75, 3.05) is 26.7 Å². The highest BCUT2D eigenvalue weighted by Gasteiger charge is 2.28. The summed E-state index contributed by atoms with van der Waals surface area (Å²) in [5.41, 5.74) is 0. The van der Waals surface area contributed by atoms with Crippen molar-refractivity contribution in [3.63, 3.8) is 0 Å². The van der Waals surface area contributed by atoms with Crippen LogP contribution in [0.2, 0.25) is 4.34 Å². The molecule has 1 saturated heterocycles. The Morgan fingerprint density at radius 2 is 2.16 bits per heavy atom. The second-order valence-electron chi connectivity index (χ2n) is 4.78. The van der Waals surface area contributed by atoms with Crippen molar-refractivity contribution in [2.24, 2.45) is 0 Å². The van der Waals surface area contributed by atoms with E-state index < -0.39 is 0 Å². The molecule has 0 aromatic carbocycles. The van der Waals surface area contributed by atoms with Crippen molar-refractivity contribution in [1.82, 2.24) is 9.80 Å². The van der Waals surface area contributed by atoms with Crippen molar-refractivity contribution >= 4 is 34.6 Å². The lowest BCUT2D eigenvalue weighted by Crippen LogP contribution is -2.43. The van der Waals surface area contributed by atoms with Crippen LogP contribution in [0.3, 0.4) is 0 Å². The van der Waals surface area contributed by atoms with Crippen molar-refractivity contribution in [3.05, 3.63) is 21.3 Å². The molecule has 1 fully saturated rings. The van der Waals surface area contributed by atoms with E-state index in [1.54, 1.807) is 24.1 Å². The molecule has 1 atom stereocenters. The molecule has 1 aliphatic heterocycles. The summed E-state index contributed by atoms with van der Waals surface area (Å²) >= 11 is 7.14. The number of likely N-dealkylation sites (N-methyl/N-ethyl adjacent to an activating group) is 1. The summed E-state index contributed by atoms with van der Waals surface area (Å²) < 4.78 is 0.613. The van der Waals surface area contributed by atoms with Crippen LogP contribution in [-0.4, -0.2) is 54.2 Å². The number of Topliss-reactive ketones (excluding diaryl/α,β-unsaturated/α-hetero) is 1. The van der Waals surface area contributed by atoms with Gasteiger partial charge in [0.15, 0.2) is 5.78 Å². The Balaban J connectivity index is 2.08. The van der Waals surface area contributed by atoms with Gasteiger partial charge in [0.25, 0.3) is 0 Å². The van der Waals surface area contributed by atoms with Crippen LogP contribution < -0.4 is 0 Å². The van der Waals surface area contributed by atoms with Gasteiger partial charge < -0.3 is 4.90 Å². The van der Waals surface area contributed by atoms with Gasteiger partial charge in [-0.15, -0.1) is 11.3 Å². The van der Waals surface area contributed by atoms with Crippen molar-refractivity contribution in [2.45, 2.75) is 19.4 Å². The standard InChI is InChI=1S/C13H17ClN2O2S/c1-9(13(18)10-4-5-11(14)19-10)16-7-3-6-15(2)12(17)8-16/h4-5,9H,3,6-8H2,1-2H3. The molecule has 1 amide bonds. The Morgan fingerprint density at radius 3 is 2.79 bits per heavy atom. The third-order valence-electron chi connectivity index (χ3n) is 3.45. The lowest BCUT2D eigenvalue weighted by atomic mass is 10.1. The number of hydrogen-bond donors (Lipinski definition) is 0. The second-order valence-corrected chi connectivity index (χ2v) is 6.50. The smallest absolute Gasteiger partial charge is 0.236 e. The largest absolute Gasteiger partial charge is 0.345 e. The molecule has 4 nitrogen and oxygen atoms in total. The number of hydrogen-bond acceptors (Lipinski definition) is 4. The van der Waals surface area contributed by atoms with Gasteiger partial charge in [-0.2, -0.15) is 0 Å². The fraction of sp³-hybridized carbons (Fsp3) is 0.538. The lowest BCUT2D eigenvalue weighted by molar-refractivity contribution is -0.130. The Morgan fingerprint density at radius 1 is 1.42 bits per heavy atom. The minimum Gasteiger partial charge on any atom is -0.345 e. The normalized spacial score (nSPS) is 19.3. The van der Waals surface area contributed by atoms with Gasteiger partial charge in [-0.3, -0.25) is 14.5 Å². The first-order valence-corrected chi connectivity index (χ1v) is 7.46. The van der Waals surface area contributed by atoms with E-state index in [-0.39, 0.29) is 17.7 Å². The zero-order valence-corrected chi connectivity index (χ0v) is 12.6. The maximum Gasteiger partial charge on any atom is 0.236 e. The molecule has 2 heterocycles. The molecule has 0 bridgehead atoms. The van der Waals surface area contributed by atoms with Gasteiger partial charge in [-0.05, 0) is 25.5 Å². The fourth-order valence-corrected chi connectivity index (χ4v) is 3.22. The number of halogens is 1. The lowest BCUT2D eigenvalue weighted by Gasteiger charge is -2.25. The molecule has 19 heavy (non-hydrogen) atoms. The number of ketones is 1. The van der Waals surface area contributed by atoms with Gasteiger partial charge in [0.1, 0.15) is 0 Å². The van der Waals surface area contributed by atoms with E-state index in [2.05, 4.69) is 0 Å². The van der Waals surface area contributed by atoms with Crippen LogP contribution in [0.15, 0.2) is 12.1 Å². The minimum absolute atomic E-state index is 0.0363. The number of nitrogens with zero attached hydrogens (tertiary/aromatic N) is 2. The van der Waals surface area contributed by atoms with Crippen LogP contribution in [0.4, 0.5) is 0 Å². The highest BCUT2D eigenvalue weighted by Crippen LogP contribution is 2.24. The van der Waals surface area contributed by atoms with E-state index in [0.717, 1.165) is 19.5 Å². The summed E-state index contributed by atoms with van der Waals surface area (Å²) in [6.07, 6.45) is 0.894. The summed E-state index contributed by atoms with van der Waals surface area (Å²) in [5.74, 6) is 0.107. The molecule has 6 heteroatoms. The molecule has 0 aliphatic carbocycles. The van der Waals surface area contributed by atoms with Crippen LogP contribution in [-0.2, 0) is 4.79 Å². The molecular formula is C13H17ClN2O2S. The van der Waals surface area contributed by atoms with Gasteiger partial charge in [-0.25, -0.2) is 0 Å². The third kappa shape index (κ3) is 3.35. The average molecular weight is 301 g/mol. The Hall–Kier alpha value is -0.910. The number of rotatable bonds is 3. The van der Waals surface area contributed by atoms with E-state index in [0.29, 0.717) is 15.8 Å². The molecular weight excluding hydrogens is 284 g/mol. The quantitative estimate of drug-likeness (QED) is 0.803. The Kier molecular flexibility index (Phi) is 4.60. The van der Waals surface area contributed by atoms with Crippen molar-refractivity contribution in [3.8, 4) is 0 Å². The summed E-state index contributed by atoms with van der Waals surface area (Å²) in [7, 11) is 1.80. The maximum absolute atomic E-state index is 12.3. The minimum atomic E-state index is -0.287. The Bertz CT molecular complexity index is 489.